The van der Waals surface area contributed by atoms with Crippen LogP contribution < -0.4 is 10.1 Å². The third kappa shape index (κ3) is 6.10. The molecule has 1 N–H and O–H groups in total. The molecule has 0 aliphatic rings. The summed E-state index contributed by atoms with van der Waals surface area (Å²) in [6.45, 7) is 4.31. The van der Waals surface area contributed by atoms with Crippen LogP contribution in [0.1, 0.15) is 35.5 Å². The Morgan fingerprint density at radius 3 is 2.36 bits per heavy atom. The first-order valence-electron chi connectivity index (χ1n) is 10.5. The fraction of sp³-hybridized carbons (Fsp3) is 0.154. The Morgan fingerprint density at radius 2 is 1.70 bits per heavy atom. The molecule has 4 nitrogen and oxygen atoms in total. The van der Waals surface area contributed by atoms with Crippen LogP contribution in [-0.4, -0.2) is 10.9 Å². The van der Waals surface area contributed by atoms with Crippen LogP contribution in [0.15, 0.2) is 85.1 Å². The number of amides is 1. The molecular formula is C26H23F3N2O2. The van der Waals surface area contributed by atoms with Gasteiger partial charge in [0.05, 0.1) is 17.8 Å². The Kier molecular flexibility index (Phi) is 7.66. The van der Waals surface area contributed by atoms with Gasteiger partial charge in [-0.1, -0.05) is 32.0 Å². The molecule has 1 amide bonds. The quantitative estimate of drug-likeness (QED) is 0.355. The van der Waals surface area contributed by atoms with Crippen LogP contribution in [-0.2, 0) is 12.7 Å². The third-order valence-corrected chi connectivity index (χ3v) is 4.67. The minimum atomic E-state index is -4.40. The summed E-state index contributed by atoms with van der Waals surface area (Å²) in [5.74, 6) is 0.539. The zero-order valence-electron chi connectivity index (χ0n) is 18.2. The number of rotatable bonds is 5. The van der Waals surface area contributed by atoms with E-state index in [-0.39, 0.29) is 11.7 Å². The number of hydrogen-bond acceptors (Lipinski definition) is 3. The second-order valence-corrected chi connectivity index (χ2v) is 6.82. The van der Waals surface area contributed by atoms with Gasteiger partial charge in [-0.15, -0.1) is 0 Å². The van der Waals surface area contributed by atoms with Gasteiger partial charge < -0.3 is 10.1 Å². The number of fused-ring (bicyclic) bond motifs is 1. The van der Waals surface area contributed by atoms with Crippen molar-refractivity contribution in [1.29, 1.82) is 0 Å². The number of aromatic nitrogens is 1. The maximum atomic E-state index is 12.7. The Morgan fingerprint density at radius 1 is 0.939 bits per heavy atom. The molecule has 7 heteroatoms. The van der Waals surface area contributed by atoms with Gasteiger partial charge in [0.25, 0.3) is 5.91 Å². The molecule has 1 aromatic heterocycles. The molecule has 0 spiro atoms. The van der Waals surface area contributed by atoms with Crippen LogP contribution in [0.5, 0.6) is 11.5 Å². The van der Waals surface area contributed by atoms with Crippen molar-refractivity contribution in [3.63, 3.8) is 0 Å². The molecular weight excluding hydrogens is 429 g/mol. The fourth-order valence-corrected chi connectivity index (χ4v) is 3.10. The summed E-state index contributed by atoms with van der Waals surface area (Å²) in [6, 6.07) is 20.5. The van der Waals surface area contributed by atoms with Gasteiger partial charge in [0.15, 0.2) is 0 Å². The molecule has 0 bridgehead atoms. The molecule has 33 heavy (non-hydrogen) atoms. The number of carbonyl (C=O) groups is 1. The lowest BCUT2D eigenvalue weighted by Gasteiger charge is -2.12. The van der Waals surface area contributed by atoms with Gasteiger partial charge in [-0.3, -0.25) is 9.78 Å². The summed E-state index contributed by atoms with van der Waals surface area (Å²) < 4.78 is 44.0. The van der Waals surface area contributed by atoms with Gasteiger partial charge in [-0.25, -0.2) is 0 Å². The van der Waals surface area contributed by atoms with Crippen molar-refractivity contribution < 1.29 is 22.7 Å². The number of nitrogens with zero attached hydrogens (tertiary/aromatic N) is 1. The van der Waals surface area contributed by atoms with Crippen LogP contribution >= 0.6 is 0 Å². The minimum absolute atomic E-state index is 0.235. The standard InChI is InChI=1S/C24H17F3N2O2.C2H6/c25-24(26,27)18-8-10-20(11-9-18)31-22-6-3-4-16-14-17(7-12-21(16)22)23(30)29-15-19-5-1-2-13-28-19;1-2/h1-14H,15H2,(H,29,30);1-2H3. The van der Waals surface area contributed by atoms with E-state index in [1.54, 1.807) is 42.6 Å². The molecule has 0 atom stereocenters. The molecule has 0 aliphatic heterocycles. The Hall–Kier alpha value is -3.87. The predicted molar refractivity (Wildman–Crippen MR) is 122 cm³/mol. The molecule has 0 radical (unpaired) electrons. The number of benzene rings is 3. The molecule has 0 unspecified atom stereocenters. The number of pyridine rings is 1. The van der Waals surface area contributed by atoms with Crippen molar-refractivity contribution in [2.45, 2.75) is 26.6 Å². The highest BCUT2D eigenvalue weighted by Gasteiger charge is 2.30. The van der Waals surface area contributed by atoms with Gasteiger partial charge >= 0.3 is 6.18 Å². The Bertz CT molecular complexity index is 1210. The monoisotopic (exact) mass is 452 g/mol. The summed E-state index contributed by atoms with van der Waals surface area (Å²) in [7, 11) is 0. The van der Waals surface area contributed by atoms with Crippen LogP contribution in [0.3, 0.4) is 0 Å². The lowest BCUT2D eigenvalue weighted by atomic mass is 10.1. The number of carbonyl (C=O) groups excluding carboxylic acids is 1. The molecule has 0 saturated heterocycles. The first kappa shape index (κ1) is 23.8. The van der Waals surface area contributed by atoms with Crippen molar-refractivity contribution in [2.24, 2.45) is 0 Å². The molecule has 4 rings (SSSR count). The number of hydrogen-bond donors (Lipinski definition) is 1. The number of nitrogens with one attached hydrogen (secondary N) is 1. The Labute approximate surface area is 190 Å². The highest BCUT2D eigenvalue weighted by Crippen LogP contribution is 2.33. The zero-order chi connectivity index (χ0) is 23.8. The second kappa shape index (κ2) is 10.6. The number of alkyl halides is 3. The third-order valence-electron chi connectivity index (χ3n) is 4.67. The molecule has 0 fully saturated rings. The van der Waals surface area contributed by atoms with E-state index in [9.17, 15) is 18.0 Å². The van der Waals surface area contributed by atoms with Gasteiger partial charge in [0.2, 0.25) is 0 Å². The summed E-state index contributed by atoms with van der Waals surface area (Å²) in [5.41, 5.74) is 0.498. The van der Waals surface area contributed by atoms with Crippen molar-refractivity contribution in [2.75, 3.05) is 0 Å². The second-order valence-electron chi connectivity index (χ2n) is 6.82. The first-order valence-corrected chi connectivity index (χ1v) is 10.5. The largest absolute Gasteiger partial charge is 0.457 e. The van der Waals surface area contributed by atoms with Gasteiger partial charge in [-0.05, 0) is 66.0 Å². The summed E-state index contributed by atoms with van der Waals surface area (Å²) in [5, 5.41) is 4.34. The molecule has 0 aliphatic carbocycles. The predicted octanol–water partition coefficient (Wildman–Crippen LogP) is 7.00. The average Bonchev–Trinajstić information content (AvgIpc) is 2.84. The van der Waals surface area contributed by atoms with Crippen LogP contribution in [0.25, 0.3) is 10.8 Å². The fourth-order valence-electron chi connectivity index (χ4n) is 3.10. The van der Waals surface area contributed by atoms with Crippen LogP contribution in [0, 0.1) is 0 Å². The van der Waals surface area contributed by atoms with Crippen molar-refractivity contribution in [3.05, 3.63) is 102 Å². The summed E-state index contributed by atoms with van der Waals surface area (Å²) in [6.07, 6.45) is -2.73. The van der Waals surface area contributed by atoms with Gasteiger partial charge in [0.1, 0.15) is 11.5 Å². The van der Waals surface area contributed by atoms with E-state index < -0.39 is 11.7 Å². The first-order chi connectivity index (χ1) is 15.9. The SMILES string of the molecule is CC.O=C(NCc1ccccn1)c1ccc2c(Oc3ccc(C(F)(F)F)cc3)cccc2c1. The van der Waals surface area contributed by atoms with E-state index in [2.05, 4.69) is 10.3 Å². The number of ether oxygens (including phenoxy) is 1. The summed E-state index contributed by atoms with van der Waals surface area (Å²) in [4.78, 5) is 16.7. The lowest BCUT2D eigenvalue weighted by Crippen LogP contribution is -2.23. The maximum Gasteiger partial charge on any atom is 0.416 e. The van der Waals surface area contributed by atoms with Gasteiger partial charge in [0, 0.05) is 17.1 Å². The van der Waals surface area contributed by atoms with Crippen molar-refractivity contribution >= 4 is 16.7 Å². The maximum absolute atomic E-state index is 12.7. The van der Waals surface area contributed by atoms with E-state index in [4.69, 9.17) is 4.74 Å². The summed E-state index contributed by atoms with van der Waals surface area (Å²) >= 11 is 0. The normalized spacial score (nSPS) is 10.8. The van der Waals surface area contributed by atoms with E-state index in [0.29, 0.717) is 17.9 Å². The van der Waals surface area contributed by atoms with E-state index in [1.165, 1.54) is 12.1 Å². The highest BCUT2D eigenvalue weighted by molar-refractivity contribution is 5.99. The van der Waals surface area contributed by atoms with Crippen molar-refractivity contribution in [1.82, 2.24) is 10.3 Å². The van der Waals surface area contributed by atoms with Crippen LogP contribution in [0.2, 0.25) is 0 Å². The van der Waals surface area contributed by atoms with E-state index >= 15 is 0 Å². The lowest BCUT2D eigenvalue weighted by molar-refractivity contribution is -0.137. The Balaban J connectivity index is 0.00000149. The smallest absolute Gasteiger partial charge is 0.416 e. The molecule has 4 aromatic rings. The van der Waals surface area contributed by atoms with Crippen LogP contribution in [0.4, 0.5) is 13.2 Å². The molecule has 3 aromatic carbocycles. The average molecular weight is 452 g/mol. The zero-order valence-corrected chi connectivity index (χ0v) is 18.2. The highest BCUT2D eigenvalue weighted by atomic mass is 19.4. The topological polar surface area (TPSA) is 51.2 Å². The molecule has 170 valence electrons. The van der Waals surface area contributed by atoms with E-state index in [0.717, 1.165) is 28.6 Å². The number of halogens is 3. The molecule has 1 heterocycles. The minimum Gasteiger partial charge on any atom is -0.457 e. The van der Waals surface area contributed by atoms with Crippen molar-refractivity contribution in [3.8, 4) is 11.5 Å². The van der Waals surface area contributed by atoms with Gasteiger partial charge in [-0.2, -0.15) is 13.2 Å². The van der Waals surface area contributed by atoms with E-state index in [1.807, 2.05) is 32.0 Å². The molecule has 0 saturated carbocycles.